The molecule has 1 aliphatic rings. The van der Waals surface area contributed by atoms with Crippen LogP contribution >= 0.6 is 11.3 Å². The van der Waals surface area contributed by atoms with E-state index in [1.54, 1.807) is 18.4 Å². The summed E-state index contributed by atoms with van der Waals surface area (Å²) in [6, 6.07) is 3.94. The van der Waals surface area contributed by atoms with Crippen LogP contribution in [0.1, 0.15) is 34.3 Å². The molecule has 1 aliphatic heterocycles. The second-order valence-corrected chi connectivity index (χ2v) is 6.59. The van der Waals surface area contributed by atoms with Crippen LogP contribution < -0.4 is 0 Å². The van der Waals surface area contributed by atoms with Gasteiger partial charge in [0, 0.05) is 18.5 Å². The number of thiophene rings is 1. The fraction of sp³-hybridized carbons (Fsp3) is 0.643. The summed E-state index contributed by atoms with van der Waals surface area (Å²) >= 11 is 1.58. The van der Waals surface area contributed by atoms with Crippen LogP contribution in [-0.2, 0) is 4.74 Å². The number of ketones is 1. The van der Waals surface area contributed by atoms with Crippen LogP contribution in [-0.4, -0.2) is 43.0 Å². The molecule has 2 heterocycles. The van der Waals surface area contributed by atoms with Crippen LogP contribution in [0.3, 0.4) is 0 Å². The Kier molecular flexibility index (Phi) is 4.20. The lowest BCUT2D eigenvalue weighted by Crippen LogP contribution is -2.48. The second kappa shape index (κ2) is 5.51. The zero-order valence-corrected chi connectivity index (χ0v) is 12.2. The molecular weight excluding hydrogens is 246 g/mol. The molecule has 0 radical (unpaired) electrons. The van der Waals surface area contributed by atoms with Gasteiger partial charge in [-0.3, -0.25) is 9.69 Å². The first-order valence-electron chi connectivity index (χ1n) is 6.39. The summed E-state index contributed by atoms with van der Waals surface area (Å²) in [5.41, 5.74) is -0.0934. The minimum Gasteiger partial charge on any atom is -0.377 e. The molecule has 1 aromatic heterocycles. The Balaban J connectivity index is 1.95. The Morgan fingerprint density at radius 2 is 2.33 bits per heavy atom. The molecule has 1 saturated heterocycles. The molecule has 0 bridgehead atoms. The minimum absolute atomic E-state index is 0.0934. The van der Waals surface area contributed by atoms with Crippen molar-refractivity contribution in [3.8, 4) is 0 Å². The number of carbonyl (C=O) groups is 1. The zero-order chi connectivity index (χ0) is 13.2. The number of ether oxygens (including phenoxy) is 1. The van der Waals surface area contributed by atoms with Gasteiger partial charge in [0.05, 0.1) is 17.0 Å². The maximum atomic E-state index is 12.2. The van der Waals surface area contributed by atoms with Gasteiger partial charge in [-0.15, -0.1) is 11.3 Å². The Bertz CT molecular complexity index is 429. The van der Waals surface area contributed by atoms with E-state index < -0.39 is 0 Å². The lowest BCUT2D eigenvalue weighted by atomic mass is 9.94. The van der Waals surface area contributed by atoms with Crippen molar-refractivity contribution in [2.24, 2.45) is 0 Å². The van der Waals surface area contributed by atoms with Crippen LogP contribution in [0.25, 0.3) is 0 Å². The normalized spacial score (nSPS) is 25.3. The predicted octanol–water partition coefficient (Wildman–Crippen LogP) is 2.74. The molecule has 100 valence electrons. The number of likely N-dealkylation sites (tertiary alicyclic amines) is 1. The number of hydrogen-bond donors (Lipinski definition) is 0. The van der Waals surface area contributed by atoms with Crippen LogP contribution in [0, 0.1) is 6.92 Å². The molecule has 0 saturated carbocycles. The summed E-state index contributed by atoms with van der Waals surface area (Å²) in [7, 11) is 1.76. The standard InChI is InChI=1S/C14H21NO2S/c1-11-5-6-13(18-11)12(16)9-15-8-4-7-14(2,10-15)17-3/h5-6H,4,7-10H2,1-3H3. The van der Waals surface area contributed by atoms with Crippen molar-refractivity contribution in [2.45, 2.75) is 32.3 Å². The highest BCUT2D eigenvalue weighted by Gasteiger charge is 2.31. The first-order chi connectivity index (χ1) is 8.52. The molecule has 0 aromatic carbocycles. The molecule has 0 spiro atoms. The van der Waals surface area contributed by atoms with Crippen molar-refractivity contribution in [1.29, 1.82) is 0 Å². The molecule has 0 N–H and O–H groups in total. The zero-order valence-electron chi connectivity index (χ0n) is 11.4. The highest BCUT2D eigenvalue weighted by atomic mass is 32.1. The summed E-state index contributed by atoms with van der Waals surface area (Å²) < 4.78 is 5.55. The molecule has 1 atom stereocenters. The van der Waals surface area contributed by atoms with E-state index in [0.29, 0.717) is 6.54 Å². The maximum Gasteiger partial charge on any atom is 0.186 e. The molecule has 1 aromatic rings. The average Bonchev–Trinajstić information content (AvgIpc) is 2.76. The average molecular weight is 267 g/mol. The third kappa shape index (κ3) is 3.19. The first kappa shape index (κ1) is 13.7. The van der Waals surface area contributed by atoms with Gasteiger partial charge in [0.15, 0.2) is 5.78 Å². The monoisotopic (exact) mass is 267 g/mol. The first-order valence-corrected chi connectivity index (χ1v) is 7.21. The molecule has 0 amide bonds. The van der Waals surface area contributed by atoms with Gasteiger partial charge in [-0.05, 0) is 45.4 Å². The fourth-order valence-corrected chi connectivity index (χ4v) is 3.27. The van der Waals surface area contributed by atoms with Crippen LogP contribution in [0.15, 0.2) is 12.1 Å². The quantitative estimate of drug-likeness (QED) is 0.786. The Labute approximate surface area is 113 Å². The summed E-state index contributed by atoms with van der Waals surface area (Å²) in [4.78, 5) is 16.4. The number of Topliss-reactive ketones (excluding diaryl/α,β-unsaturated/α-hetero) is 1. The van der Waals surface area contributed by atoms with Crippen molar-refractivity contribution in [2.75, 3.05) is 26.7 Å². The highest BCUT2D eigenvalue weighted by molar-refractivity contribution is 7.14. The smallest absolute Gasteiger partial charge is 0.186 e. The van der Waals surface area contributed by atoms with Gasteiger partial charge < -0.3 is 4.74 Å². The van der Waals surface area contributed by atoms with Crippen molar-refractivity contribution in [1.82, 2.24) is 4.90 Å². The van der Waals surface area contributed by atoms with Gasteiger partial charge in [-0.25, -0.2) is 0 Å². The third-order valence-corrected chi connectivity index (χ3v) is 4.65. The molecular formula is C14H21NO2S. The summed E-state index contributed by atoms with van der Waals surface area (Å²) in [6.07, 6.45) is 2.17. The minimum atomic E-state index is -0.0934. The summed E-state index contributed by atoms with van der Waals surface area (Å²) in [5.74, 6) is 0.230. The van der Waals surface area contributed by atoms with E-state index in [4.69, 9.17) is 4.74 Å². The number of hydrogen-bond acceptors (Lipinski definition) is 4. The van der Waals surface area contributed by atoms with Crippen LogP contribution in [0.4, 0.5) is 0 Å². The van der Waals surface area contributed by atoms with Gasteiger partial charge in [0.25, 0.3) is 0 Å². The Morgan fingerprint density at radius 1 is 1.56 bits per heavy atom. The summed E-state index contributed by atoms with van der Waals surface area (Å²) in [6.45, 7) is 6.51. The molecule has 0 aliphatic carbocycles. The lowest BCUT2D eigenvalue weighted by Gasteiger charge is -2.39. The number of methoxy groups -OCH3 is 1. The topological polar surface area (TPSA) is 29.5 Å². The van der Waals surface area contributed by atoms with E-state index in [0.717, 1.165) is 30.8 Å². The van der Waals surface area contributed by atoms with Crippen molar-refractivity contribution in [3.05, 3.63) is 21.9 Å². The maximum absolute atomic E-state index is 12.2. The van der Waals surface area contributed by atoms with Gasteiger partial charge in [-0.2, -0.15) is 0 Å². The fourth-order valence-electron chi connectivity index (χ4n) is 2.47. The molecule has 1 unspecified atom stereocenters. The SMILES string of the molecule is COC1(C)CCCN(CC(=O)c2ccc(C)s2)C1. The molecule has 4 heteroatoms. The predicted molar refractivity (Wildman–Crippen MR) is 74.5 cm³/mol. The second-order valence-electron chi connectivity index (χ2n) is 5.30. The largest absolute Gasteiger partial charge is 0.377 e. The highest BCUT2D eigenvalue weighted by Crippen LogP contribution is 2.24. The molecule has 2 rings (SSSR count). The number of piperidine rings is 1. The van der Waals surface area contributed by atoms with Gasteiger partial charge in [-0.1, -0.05) is 0 Å². The Hall–Kier alpha value is -0.710. The number of aryl methyl sites for hydroxylation is 1. The Morgan fingerprint density at radius 3 is 2.94 bits per heavy atom. The van der Waals surface area contributed by atoms with E-state index in [2.05, 4.69) is 11.8 Å². The van der Waals surface area contributed by atoms with Crippen molar-refractivity contribution >= 4 is 17.1 Å². The van der Waals surface area contributed by atoms with Crippen LogP contribution in [0.2, 0.25) is 0 Å². The number of nitrogens with zero attached hydrogens (tertiary/aromatic N) is 1. The molecule has 18 heavy (non-hydrogen) atoms. The molecule has 1 fully saturated rings. The van der Waals surface area contributed by atoms with Crippen molar-refractivity contribution < 1.29 is 9.53 Å². The van der Waals surface area contributed by atoms with E-state index in [-0.39, 0.29) is 11.4 Å². The summed E-state index contributed by atoms with van der Waals surface area (Å²) in [5, 5.41) is 0. The third-order valence-electron chi connectivity index (χ3n) is 3.61. The van der Waals surface area contributed by atoms with E-state index in [9.17, 15) is 4.79 Å². The van der Waals surface area contributed by atoms with E-state index >= 15 is 0 Å². The van der Waals surface area contributed by atoms with Crippen molar-refractivity contribution in [3.63, 3.8) is 0 Å². The van der Waals surface area contributed by atoms with Gasteiger partial charge in [0.2, 0.25) is 0 Å². The van der Waals surface area contributed by atoms with Crippen LogP contribution in [0.5, 0.6) is 0 Å². The van der Waals surface area contributed by atoms with Gasteiger partial charge >= 0.3 is 0 Å². The van der Waals surface area contributed by atoms with E-state index in [1.165, 1.54) is 4.88 Å². The number of rotatable bonds is 4. The van der Waals surface area contributed by atoms with E-state index in [1.807, 2.05) is 19.1 Å². The number of carbonyl (C=O) groups excluding carboxylic acids is 1. The molecule has 3 nitrogen and oxygen atoms in total. The van der Waals surface area contributed by atoms with Gasteiger partial charge in [0.1, 0.15) is 0 Å². The lowest BCUT2D eigenvalue weighted by molar-refractivity contribution is -0.0485.